The lowest BCUT2D eigenvalue weighted by Gasteiger charge is -2.09. The Balaban J connectivity index is 1.30. The maximum absolute atomic E-state index is 12.3. The summed E-state index contributed by atoms with van der Waals surface area (Å²) in [5.41, 5.74) is 7.23. The highest BCUT2D eigenvalue weighted by Gasteiger charge is 2.12. The van der Waals surface area contributed by atoms with E-state index in [0.717, 1.165) is 44.5 Å². The van der Waals surface area contributed by atoms with E-state index >= 15 is 0 Å². The number of carbonyl (C=O) groups excluding carboxylic acids is 1. The van der Waals surface area contributed by atoms with E-state index in [1.807, 2.05) is 67.7 Å². The number of carbonyl (C=O) groups is 1. The molecule has 35 heavy (non-hydrogen) atoms. The van der Waals surface area contributed by atoms with Crippen LogP contribution in [0.4, 0.5) is 16.2 Å². The van der Waals surface area contributed by atoms with E-state index < -0.39 is 6.10 Å². The number of fused-ring (bicyclic) bond motifs is 1. The number of rotatable bonds is 6. The van der Waals surface area contributed by atoms with Gasteiger partial charge >= 0.3 is 6.03 Å². The molecule has 1 atom stereocenters. The fourth-order valence-corrected chi connectivity index (χ4v) is 4.04. The third-order valence-corrected chi connectivity index (χ3v) is 5.67. The fourth-order valence-electron chi connectivity index (χ4n) is 4.04. The maximum Gasteiger partial charge on any atom is 0.323 e. The van der Waals surface area contributed by atoms with Gasteiger partial charge in [-0.15, -0.1) is 0 Å². The highest BCUT2D eigenvalue weighted by molar-refractivity contribution is 6.00. The van der Waals surface area contributed by atoms with Crippen molar-refractivity contribution in [2.24, 2.45) is 0 Å². The topological polar surface area (TPSA) is 108 Å². The molecule has 8 nitrogen and oxygen atoms in total. The summed E-state index contributed by atoms with van der Waals surface area (Å²) in [6, 6.07) is 21.2. The number of nitrogens with zero attached hydrogens (tertiary/aromatic N) is 3. The molecule has 0 radical (unpaired) electrons. The van der Waals surface area contributed by atoms with Crippen LogP contribution in [-0.2, 0) is 6.54 Å². The third kappa shape index (κ3) is 5.07. The number of aliphatic hydroxyl groups is 1. The Kier molecular flexibility index (Phi) is 6.03. The molecule has 4 N–H and O–H groups in total. The van der Waals surface area contributed by atoms with Crippen molar-refractivity contribution in [2.75, 3.05) is 10.6 Å². The quantitative estimate of drug-likeness (QED) is 0.268. The van der Waals surface area contributed by atoms with Crippen molar-refractivity contribution in [3.8, 4) is 22.4 Å². The number of benzene rings is 3. The molecule has 0 saturated heterocycles. The number of aryl methyl sites for hydroxylation is 1. The van der Waals surface area contributed by atoms with Gasteiger partial charge in [0.1, 0.15) is 5.69 Å². The van der Waals surface area contributed by atoms with Crippen LogP contribution in [0.2, 0.25) is 0 Å². The summed E-state index contributed by atoms with van der Waals surface area (Å²) in [4.78, 5) is 12.3. The van der Waals surface area contributed by atoms with E-state index in [4.69, 9.17) is 0 Å². The van der Waals surface area contributed by atoms with Gasteiger partial charge in [0.2, 0.25) is 0 Å². The molecule has 5 rings (SSSR count). The van der Waals surface area contributed by atoms with Gasteiger partial charge in [-0.1, -0.05) is 30.3 Å². The highest BCUT2D eigenvalue weighted by Crippen LogP contribution is 2.30. The average Bonchev–Trinajstić information content (AvgIpc) is 3.45. The number of urea groups is 1. The number of hydrogen-bond donors (Lipinski definition) is 4. The minimum atomic E-state index is -0.467. The van der Waals surface area contributed by atoms with E-state index in [9.17, 15) is 9.90 Å². The summed E-state index contributed by atoms with van der Waals surface area (Å²) in [6.45, 7) is 4.15. The molecule has 2 heterocycles. The molecule has 5 aromatic rings. The molecule has 0 aliphatic carbocycles. The van der Waals surface area contributed by atoms with E-state index in [2.05, 4.69) is 38.1 Å². The molecule has 3 aromatic carbocycles. The van der Waals surface area contributed by atoms with Gasteiger partial charge < -0.3 is 15.7 Å². The Labute approximate surface area is 202 Å². The monoisotopic (exact) mass is 466 g/mol. The normalized spacial score (nSPS) is 12.0. The van der Waals surface area contributed by atoms with Gasteiger partial charge in [-0.3, -0.25) is 9.78 Å². The summed E-state index contributed by atoms with van der Waals surface area (Å²) < 4.78 is 1.71. The molecule has 0 spiro atoms. The van der Waals surface area contributed by atoms with Crippen molar-refractivity contribution in [2.45, 2.75) is 26.5 Å². The van der Waals surface area contributed by atoms with E-state index in [1.165, 1.54) is 0 Å². The Hall–Kier alpha value is -4.43. The fraction of sp³-hybridized carbons (Fsp3) is 0.148. The van der Waals surface area contributed by atoms with Gasteiger partial charge in [0.25, 0.3) is 0 Å². The van der Waals surface area contributed by atoms with Gasteiger partial charge in [-0.05, 0) is 66.9 Å². The lowest BCUT2D eigenvalue weighted by molar-refractivity contribution is 0.168. The second-order valence-electron chi connectivity index (χ2n) is 8.66. The second-order valence-corrected chi connectivity index (χ2v) is 8.66. The molecule has 176 valence electrons. The molecular weight excluding hydrogens is 440 g/mol. The van der Waals surface area contributed by atoms with E-state index in [-0.39, 0.29) is 6.03 Å². The first kappa shape index (κ1) is 22.4. The Morgan fingerprint density at radius 1 is 1.00 bits per heavy atom. The molecule has 0 fully saturated rings. The van der Waals surface area contributed by atoms with Crippen LogP contribution in [0.25, 0.3) is 33.3 Å². The van der Waals surface area contributed by atoms with E-state index in [0.29, 0.717) is 12.2 Å². The lowest BCUT2D eigenvalue weighted by atomic mass is 10.0. The van der Waals surface area contributed by atoms with Crippen LogP contribution in [0, 0.1) is 6.92 Å². The van der Waals surface area contributed by atoms with Crippen molar-refractivity contribution in [1.82, 2.24) is 20.0 Å². The molecule has 0 saturated carbocycles. The van der Waals surface area contributed by atoms with Crippen LogP contribution in [0.3, 0.4) is 0 Å². The Bertz CT molecular complexity index is 1480. The second kappa shape index (κ2) is 9.44. The average molecular weight is 467 g/mol. The Morgan fingerprint density at radius 2 is 1.77 bits per heavy atom. The number of hydrogen-bond acceptors (Lipinski definition) is 4. The summed E-state index contributed by atoms with van der Waals surface area (Å²) in [7, 11) is 0. The predicted molar refractivity (Wildman–Crippen MR) is 138 cm³/mol. The number of aromatic nitrogens is 4. The lowest BCUT2D eigenvalue weighted by Crippen LogP contribution is -2.19. The third-order valence-electron chi connectivity index (χ3n) is 5.67. The molecule has 0 aliphatic heterocycles. The number of anilines is 2. The molecule has 2 aromatic heterocycles. The summed E-state index contributed by atoms with van der Waals surface area (Å²) in [6.07, 6.45) is 3.18. The smallest absolute Gasteiger partial charge is 0.323 e. The first-order valence-corrected chi connectivity index (χ1v) is 11.4. The van der Waals surface area contributed by atoms with Crippen LogP contribution in [-0.4, -0.2) is 37.2 Å². The highest BCUT2D eigenvalue weighted by atomic mass is 16.3. The first-order chi connectivity index (χ1) is 16.9. The van der Waals surface area contributed by atoms with Crippen molar-refractivity contribution in [3.63, 3.8) is 0 Å². The molecule has 2 amide bonds. The van der Waals surface area contributed by atoms with Gasteiger partial charge in [-0.2, -0.15) is 10.2 Å². The zero-order chi connectivity index (χ0) is 24.4. The van der Waals surface area contributed by atoms with Gasteiger partial charge in [0.05, 0.1) is 24.4 Å². The van der Waals surface area contributed by atoms with Crippen LogP contribution in [0.15, 0.2) is 79.1 Å². The summed E-state index contributed by atoms with van der Waals surface area (Å²) >= 11 is 0. The summed E-state index contributed by atoms with van der Waals surface area (Å²) in [5.74, 6) is 0. The minimum absolute atomic E-state index is 0.286. The largest absolute Gasteiger partial charge is 0.391 e. The van der Waals surface area contributed by atoms with Crippen LogP contribution in [0.5, 0.6) is 0 Å². The van der Waals surface area contributed by atoms with Crippen LogP contribution in [0.1, 0.15) is 12.5 Å². The Morgan fingerprint density at radius 3 is 2.54 bits per heavy atom. The molecule has 8 heteroatoms. The number of aromatic amines is 1. The molecule has 0 aliphatic rings. The number of nitrogens with one attached hydrogen (secondary N) is 3. The predicted octanol–water partition coefficient (Wildman–Crippen LogP) is 5.43. The first-order valence-electron chi connectivity index (χ1n) is 11.4. The van der Waals surface area contributed by atoms with E-state index in [1.54, 1.807) is 17.8 Å². The maximum atomic E-state index is 12.3. The van der Waals surface area contributed by atoms with Crippen molar-refractivity contribution in [3.05, 3.63) is 84.7 Å². The number of aliphatic hydroxyl groups excluding tert-OH is 1. The molecular formula is C27H26N6O2. The standard InChI is InChI=1S/C27H26N6O2/c1-17-4-3-5-23(12-17)30-27(35)29-22-9-6-19(7-10-22)20-8-11-24-25(13-20)31-32-26(24)21-14-28-33(16-21)15-18(2)34/h3-14,16,18,34H,15H2,1-2H3,(H,31,32)(H2,29,30,35)/t18-/m1/s1. The van der Waals surface area contributed by atoms with Crippen molar-refractivity contribution >= 4 is 28.3 Å². The molecule has 0 bridgehead atoms. The van der Waals surface area contributed by atoms with Gasteiger partial charge in [-0.25, -0.2) is 4.79 Å². The molecule has 0 unspecified atom stereocenters. The van der Waals surface area contributed by atoms with Gasteiger partial charge in [0.15, 0.2) is 0 Å². The number of amides is 2. The minimum Gasteiger partial charge on any atom is -0.391 e. The SMILES string of the molecule is Cc1cccc(NC(=O)Nc2ccc(-c3ccc4c(-c5cnn(C[C@@H](C)O)c5)n[nH]c4c3)cc2)c1. The zero-order valence-corrected chi connectivity index (χ0v) is 19.5. The number of H-pyrrole nitrogens is 1. The van der Waals surface area contributed by atoms with Gasteiger partial charge in [0, 0.05) is 28.5 Å². The summed E-state index contributed by atoms with van der Waals surface area (Å²) in [5, 5.41) is 28.2. The zero-order valence-electron chi connectivity index (χ0n) is 19.5. The van der Waals surface area contributed by atoms with Crippen LogP contribution >= 0.6 is 0 Å². The van der Waals surface area contributed by atoms with Crippen LogP contribution < -0.4 is 10.6 Å². The van der Waals surface area contributed by atoms with Crippen molar-refractivity contribution < 1.29 is 9.90 Å². The van der Waals surface area contributed by atoms with Crippen molar-refractivity contribution in [1.29, 1.82) is 0 Å².